The lowest BCUT2D eigenvalue weighted by Crippen LogP contribution is -2.32. The smallest absolute Gasteiger partial charge is 0.0406 e. The first-order valence-corrected chi connectivity index (χ1v) is 8.22. The molecule has 1 unspecified atom stereocenters. The summed E-state index contributed by atoms with van der Waals surface area (Å²) in [6, 6.07) is 8.80. The quantitative estimate of drug-likeness (QED) is 0.781. The van der Waals surface area contributed by atoms with Crippen LogP contribution in [0, 0.1) is 17.3 Å². The number of halogens is 1. The predicted octanol–water partition coefficient (Wildman–Crippen LogP) is 5.45. The highest BCUT2D eigenvalue weighted by atomic mass is 35.5. The van der Waals surface area contributed by atoms with Crippen LogP contribution in [-0.4, -0.2) is 7.05 Å². The van der Waals surface area contributed by atoms with Gasteiger partial charge in [-0.3, -0.25) is 0 Å². The maximum Gasteiger partial charge on any atom is 0.0406 e. The van der Waals surface area contributed by atoms with Crippen molar-refractivity contribution in [1.29, 1.82) is 0 Å². The van der Waals surface area contributed by atoms with Crippen molar-refractivity contribution in [3.8, 4) is 0 Å². The largest absolute Gasteiger partial charge is 0.313 e. The normalized spacial score (nSPS) is 25.4. The third-order valence-corrected chi connectivity index (χ3v) is 5.26. The molecule has 1 aliphatic carbocycles. The van der Waals surface area contributed by atoms with Crippen molar-refractivity contribution in [2.75, 3.05) is 7.05 Å². The van der Waals surface area contributed by atoms with Gasteiger partial charge in [-0.05, 0) is 67.7 Å². The van der Waals surface area contributed by atoms with Gasteiger partial charge >= 0.3 is 0 Å². The summed E-state index contributed by atoms with van der Waals surface area (Å²) in [7, 11) is 2.08. The molecule has 0 aliphatic heterocycles. The SMILES string of the molecule is CNC(c1ccc(Cl)cc1)C1CCC(C(C)(C)C)CC1. The molecule has 20 heavy (non-hydrogen) atoms. The molecule has 0 radical (unpaired) electrons. The van der Waals surface area contributed by atoms with E-state index in [-0.39, 0.29) is 0 Å². The van der Waals surface area contributed by atoms with Gasteiger partial charge in [0.1, 0.15) is 0 Å². The molecule has 0 bridgehead atoms. The molecule has 1 nitrogen and oxygen atoms in total. The van der Waals surface area contributed by atoms with Gasteiger partial charge in [0.25, 0.3) is 0 Å². The zero-order chi connectivity index (χ0) is 14.8. The Hall–Kier alpha value is -0.530. The molecule has 0 saturated heterocycles. The highest BCUT2D eigenvalue weighted by molar-refractivity contribution is 6.30. The van der Waals surface area contributed by atoms with Gasteiger partial charge in [0.05, 0.1) is 0 Å². The minimum atomic E-state index is 0.459. The standard InChI is InChI=1S/C18H28ClN/c1-18(2,3)15-9-5-13(6-10-15)17(20-4)14-7-11-16(19)12-8-14/h7-8,11-13,15,17,20H,5-6,9-10H2,1-4H3. The number of nitrogens with one attached hydrogen (secondary N) is 1. The van der Waals surface area contributed by atoms with Crippen LogP contribution in [0.15, 0.2) is 24.3 Å². The molecule has 1 atom stereocenters. The summed E-state index contributed by atoms with van der Waals surface area (Å²) in [6.07, 6.45) is 5.38. The molecule has 2 heteroatoms. The first kappa shape index (κ1) is 15.9. The highest BCUT2D eigenvalue weighted by Gasteiger charge is 2.32. The summed E-state index contributed by atoms with van der Waals surface area (Å²) >= 11 is 5.99. The summed E-state index contributed by atoms with van der Waals surface area (Å²) in [4.78, 5) is 0. The van der Waals surface area contributed by atoms with Crippen molar-refractivity contribution < 1.29 is 0 Å². The van der Waals surface area contributed by atoms with E-state index in [0.717, 1.165) is 16.9 Å². The van der Waals surface area contributed by atoms with Gasteiger partial charge in [-0.2, -0.15) is 0 Å². The van der Waals surface area contributed by atoms with Crippen LogP contribution in [0.4, 0.5) is 0 Å². The Balaban J connectivity index is 2.02. The summed E-state index contributed by atoms with van der Waals surface area (Å²) < 4.78 is 0. The van der Waals surface area contributed by atoms with Gasteiger partial charge in [0, 0.05) is 11.1 Å². The van der Waals surface area contributed by atoms with Crippen LogP contribution in [0.1, 0.15) is 58.1 Å². The summed E-state index contributed by atoms with van der Waals surface area (Å²) in [5, 5.41) is 4.34. The predicted molar refractivity (Wildman–Crippen MR) is 88.2 cm³/mol. The van der Waals surface area contributed by atoms with E-state index >= 15 is 0 Å². The first-order chi connectivity index (χ1) is 9.41. The molecule has 0 heterocycles. The highest BCUT2D eigenvalue weighted by Crippen LogP contribution is 2.43. The summed E-state index contributed by atoms with van der Waals surface area (Å²) in [5.74, 6) is 1.63. The lowest BCUT2D eigenvalue weighted by molar-refractivity contribution is 0.134. The van der Waals surface area contributed by atoms with E-state index in [2.05, 4.69) is 45.3 Å². The second-order valence-corrected chi connectivity index (χ2v) is 7.73. The molecule has 1 saturated carbocycles. The molecule has 1 aromatic carbocycles. The molecule has 1 N–H and O–H groups in total. The second kappa shape index (κ2) is 6.49. The van der Waals surface area contributed by atoms with Crippen LogP contribution in [0.25, 0.3) is 0 Å². The van der Waals surface area contributed by atoms with Gasteiger partial charge in [-0.1, -0.05) is 44.5 Å². The van der Waals surface area contributed by atoms with Crippen LogP contribution in [0.5, 0.6) is 0 Å². The number of benzene rings is 1. The first-order valence-electron chi connectivity index (χ1n) is 7.84. The monoisotopic (exact) mass is 293 g/mol. The van der Waals surface area contributed by atoms with Crippen LogP contribution in [0.3, 0.4) is 0 Å². The van der Waals surface area contributed by atoms with Crippen molar-refractivity contribution in [2.24, 2.45) is 17.3 Å². The van der Waals surface area contributed by atoms with Crippen LogP contribution >= 0.6 is 11.6 Å². The Kier molecular flexibility index (Phi) is 5.14. The second-order valence-electron chi connectivity index (χ2n) is 7.30. The third-order valence-electron chi connectivity index (χ3n) is 5.01. The van der Waals surface area contributed by atoms with E-state index in [0.29, 0.717) is 11.5 Å². The third kappa shape index (κ3) is 3.77. The van der Waals surface area contributed by atoms with Crippen molar-refractivity contribution >= 4 is 11.6 Å². The minimum Gasteiger partial charge on any atom is -0.313 e. The fraction of sp³-hybridized carbons (Fsp3) is 0.667. The van der Waals surface area contributed by atoms with Crippen LogP contribution in [-0.2, 0) is 0 Å². The zero-order valence-corrected chi connectivity index (χ0v) is 14.0. The topological polar surface area (TPSA) is 12.0 Å². The van der Waals surface area contributed by atoms with Crippen molar-refractivity contribution in [2.45, 2.75) is 52.5 Å². The Morgan fingerprint density at radius 3 is 2.05 bits per heavy atom. The van der Waals surface area contributed by atoms with E-state index in [9.17, 15) is 0 Å². The van der Waals surface area contributed by atoms with Crippen LogP contribution < -0.4 is 5.32 Å². The molecule has 1 aromatic rings. The molecule has 1 aliphatic rings. The maximum atomic E-state index is 5.99. The Morgan fingerprint density at radius 2 is 1.60 bits per heavy atom. The zero-order valence-electron chi connectivity index (χ0n) is 13.2. The fourth-order valence-electron chi connectivity index (χ4n) is 3.66. The average Bonchev–Trinajstić information content (AvgIpc) is 2.41. The van der Waals surface area contributed by atoms with E-state index < -0.39 is 0 Å². The maximum absolute atomic E-state index is 5.99. The molecular weight excluding hydrogens is 266 g/mol. The number of hydrogen-bond acceptors (Lipinski definition) is 1. The van der Waals surface area contributed by atoms with Gasteiger partial charge in [-0.15, -0.1) is 0 Å². The summed E-state index contributed by atoms with van der Waals surface area (Å²) in [6.45, 7) is 7.15. The number of hydrogen-bond donors (Lipinski definition) is 1. The average molecular weight is 294 g/mol. The molecule has 2 rings (SSSR count). The number of rotatable bonds is 3. The Bertz CT molecular complexity index is 410. The molecule has 0 amide bonds. The lowest BCUT2D eigenvalue weighted by Gasteiger charge is -2.39. The molecule has 0 spiro atoms. The van der Waals surface area contributed by atoms with Gasteiger partial charge in [0.15, 0.2) is 0 Å². The van der Waals surface area contributed by atoms with Crippen LogP contribution in [0.2, 0.25) is 5.02 Å². The van der Waals surface area contributed by atoms with Crippen molar-refractivity contribution in [1.82, 2.24) is 5.32 Å². The van der Waals surface area contributed by atoms with E-state index in [4.69, 9.17) is 11.6 Å². The van der Waals surface area contributed by atoms with Crippen molar-refractivity contribution in [3.63, 3.8) is 0 Å². The van der Waals surface area contributed by atoms with E-state index in [1.54, 1.807) is 0 Å². The lowest BCUT2D eigenvalue weighted by atomic mass is 9.68. The van der Waals surface area contributed by atoms with E-state index in [1.165, 1.54) is 31.2 Å². The van der Waals surface area contributed by atoms with Crippen molar-refractivity contribution in [3.05, 3.63) is 34.9 Å². The van der Waals surface area contributed by atoms with Gasteiger partial charge in [0.2, 0.25) is 0 Å². The molecule has 1 fully saturated rings. The Labute approximate surface area is 129 Å². The minimum absolute atomic E-state index is 0.459. The summed E-state index contributed by atoms with van der Waals surface area (Å²) in [5.41, 5.74) is 1.83. The molecule has 0 aromatic heterocycles. The molecular formula is C18H28ClN. The van der Waals surface area contributed by atoms with Gasteiger partial charge in [-0.25, -0.2) is 0 Å². The van der Waals surface area contributed by atoms with E-state index in [1.807, 2.05) is 12.1 Å². The fourth-order valence-corrected chi connectivity index (χ4v) is 3.79. The van der Waals surface area contributed by atoms with Gasteiger partial charge < -0.3 is 5.32 Å². The Morgan fingerprint density at radius 1 is 1.05 bits per heavy atom. The molecule has 112 valence electrons.